The molecule has 3 atom stereocenters. The minimum Gasteiger partial charge on any atom is -0.394 e. The zero-order valence-corrected chi connectivity index (χ0v) is 38.3. The largest absolute Gasteiger partial charge is 0.394 e. The van der Waals surface area contributed by atoms with Crippen molar-refractivity contribution in [3.63, 3.8) is 0 Å². The molecule has 0 aliphatic heterocycles. The molecule has 56 heavy (non-hydrogen) atoms. The maximum absolute atomic E-state index is 12.5. The van der Waals surface area contributed by atoms with E-state index in [-0.39, 0.29) is 12.5 Å². The molecule has 3 unspecified atom stereocenters. The fourth-order valence-electron chi connectivity index (χ4n) is 8.46. The Bertz CT molecular complexity index is 747. The second-order valence-corrected chi connectivity index (χ2v) is 18.1. The standard InChI is InChI=1S/C51H103NO4/c1-3-5-7-9-11-13-15-17-19-21-23-24-25-26-28-30-32-34-36-38-40-42-44-46-50(55)52-48(47-53)51(56)49(54)45-43-41-39-37-35-33-31-29-27-22-20-18-16-14-12-10-8-6-4-2/h48-49,51,53-54,56H,3-47H2,1-2H3,(H,52,55). The summed E-state index contributed by atoms with van der Waals surface area (Å²) in [6.07, 6.45) is 55.2. The number of carbonyl (C=O) groups is 1. The molecular weight excluding hydrogens is 691 g/mol. The smallest absolute Gasteiger partial charge is 0.220 e. The lowest BCUT2D eigenvalue weighted by molar-refractivity contribution is -0.124. The molecule has 0 radical (unpaired) electrons. The van der Waals surface area contributed by atoms with E-state index in [4.69, 9.17) is 0 Å². The molecule has 0 aromatic rings. The van der Waals surface area contributed by atoms with Gasteiger partial charge in [0.05, 0.1) is 18.8 Å². The number of carbonyl (C=O) groups excluding carboxylic acids is 1. The fraction of sp³-hybridized carbons (Fsp3) is 0.980. The van der Waals surface area contributed by atoms with Crippen LogP contribution < -0.4 is 5.32 Å². The molecule has 0 rings (SSSR count). The highest BCUT2D eigenvalue weighted by Crippen LogP contribution is 2.18. The van der Waals surface area contributed by atoms with Crippen molar-refractivity contribution in [3.8, 4) is 0 Å². The monoisotopic (exact) mass is 794 g/mol. The number of amides is 1. The summed E-state index contributed by atoms with van der Waals surface area (Å²) < 4.78 is 0. The first-order valence-corrected chi connectivity index (χ1v) is 25.8. The van der Waals surface area contributed by atoms with Gasteiger partial charge in [0, 0.05) is 6.42 Å². The van der Waals surface area contributed by atoms with Crippen molar-refractivity contribution in [2.24, 2.45) is 0 Å². The highest BCUT2D eigenvalue weighted by atomic mass is 16.3. The van der Waals surface area contributed by atoms with Gasteiger partial charge in [0.1, 0.15) is 6.10 Å². The topological polar surface area (TPSA) is 89.8 Å². The minimum atomic E-state index is -1.13. The summed E-state index contributed by atoms with van der Waals surface area (Å²) in [7, 11) is 0. The molecule has 1 amide bonds. The Balaban J connectivity index is 3.52. The van der Waals surface area contributed by atoms with Crippen molar-refractivity contribution in [1.29, 1.82) is 0 Å². The lowest BCUT2D eigenvalue weighted by atomic mass is 9.99. The van der Waals surface area contributed by atoms with Gasteiger partial charge in [-0.3, -0.25) is 4.79 Å². The van der Waals surface area contributed by atoms with Crippen molar-refractivity contribution in [2.45, 2.75) is 315 Å². The first kappa shape index (κ1) is 55.4. The van der Waals surface area contributed by atoms with Crippen molar-refractivity contribution in [1.82, 2.24) is 5.32 Å². The molecular formula is C51H103NO4. The van der Waals surface area contributed by atoms with Gasteiger partial charge in [-0.25, -0.2) is 0 Å². The number of hydrogen-bond donors (Lipinski definition) is 4. The van der Waals surface area contributed by atoms with Gasteiger partial charge in [-0.1, -0.05) is 277 Å². The van der Waals surface area contributed by atoms with Gasteiger partial charge in [0.25, 0.3) is 0 Å². The van der Waals surface area contributed by atoms with Gasteiger partial charge in [-0.05, 0) is 12.8 Å². The predicted octanol–water partition coefficient (Wildman–Crippen LogP) is 15.4. The number of nitrogens with one attached hydrogen (secondary N) is 1. The molecule has 0 spiro atoms. The Hall–Kier alpha value is -0.650. The molecule has 0 aliphatic rings. The molecule has 0 bridgehead atoms. The van der Waals surface area contributed by atoms with E-state index in [2.05, 4.69) is 19.2 Å². The second kappa shape index (κ2) is 47.0. The van der Waals surface area contributed by atoms with E-state index >= 15 is 0 Å². The highest BCUT2D eigenvalue weighted by Gasteiger charge is 2.26. The van der Waals surface area contributed by atoms with Gasteiger partial charge < -0.3 is 20.6 Å². The zero-order chi connectivity index (χ0) is 40.8. The second-order valence-electron chi connectivity index (χ2n) is 18.1. The maximum atomic E-state index is 12.5. The summed E-state index contributed by atoms with van der Waals surface area (Å²) in [4.78, 5) is 12.5. The summed E-state index contributed by atoms with van der Waals surface area (Å²) in [6.45, 7) is 4.22. The first-order chi connectivity index (χ1) is 27.6. The van der Waals surface area contributed by atoms with Crippen LogP contribution in [-0.4, -0.2) is 46.1 Å². The summed E-state index contributed by atoms with van der Waals surface area (Å²) in [5, 5.41) is 33.7. The molecule has 0 aromatic carbocycles. The summed E-state index contributed by atoms with van der Waals surface area (Å²) in [6, 6.07) is -0.803. The van der Waals surface area contributed by atoms with Gasteiger partial charge in [-0.15, -0.1) is 0 Å². The molecule has 0 fully saturated rings. The van der Waals surface area contributed by atoms with Crippen LogP contribution in [0.3, 0.4) is 0 Å². The van der Waals surface area contributed by atoms with E-state index in [1.54, 1.807) is 0 Å². The minimum absolute atomic E-state index is 0.137. The van der Waals surface area contributed by atoms with Crippen LogP contribution >= 0.6 is 0 Å². The SMILES string of the molecule is CCCCCCCCCCCCCCCCCCCCCCCCCC(=O)NC(CO)C(O)C(O)CCCCCCCCCCCCCCCCCCCCC. The number of aliphatic hydroxyl groups excluding tert-OH is 3. The molecule has 0 saturated heterocycles. The van der Waals surface area contributed by atoms with Crippen molar-refractivity contribution < 1.29 is 20.1 Å². The zero-order valence-electron chi connectivity index (χ0n) is 38.3. The van der Waals surface area contributed by atoms with Crippen LogP contribution in [-0.2, 0) is 4.79 Å². The highest BCUT2D eigenvalue weighted by molar-refractivity contribution is 5.76. The predicted molar refractivity (Wildman–Crippen MR) is 246 cm³/mol. The normalized spacial score (nSPS) is 13.3. The Morgan fingerprint density at radius 2 is 0.607 bits per heavy atom. The van der Waals surface area contributed by atoms with Crippen LogP contribution in [0.4, 0.5) is 0 Å². The third kappa shape index (κ3) is 41.5. The molecule has 5 heteroatoms. The van der Waals surface area contributed by atoms with E-state index in [1.165, 1.54) is 238 Å². The Labute approximate surface area is 351 Å². The fourth-order valence-corrected chi connectivity index (χ4v) is 8.46. The van der Waals surface area contributed by atoms with E-state index < -0.39 is 18.2 Å². The van der Waals surface area contributed by atoms with Crippen LogP contribution in [0.25, 0.3) is 0 Å². The van der Waals surface area contributed by atoms with Gasteiger partial charge in [0.2, 0.25) is 5.91 Å². The van der Waals surface area contributed by atoms with Gasteiger partial charge in [0.15, 0.2) is 0 Å². The van der Waals surface area contributed by atoms with Crippen LogP contribution in [0.15, 0.2) is 0 Å². The summed E-state index contributed by atoms with van der Waals surface area (Å²) in [5.41, 5.74) is 0. The third-order valence-electron chi connectivity index (χ3n) is 12.5. The van der Waals surface area contributed by atoms with Crippen molar-refractivity contribution in [2.75, 3.05) is 6.61 Å². The average Bonchev–Trinajstić information content (AvgIpc) is 3.20. The molecule has 0 saturated carbocycles. The molecule has 0 aliphatic carbocycles. The van der Waals surface area contributed by atoms with E-state index in [0.29, 0.717) is 12.8 Å². The third-order valence-corrected chi connectivity index (χ3v) is 12.5. The van der Waals surface area contributed by atoms with E-state index in [1.807, 2.05) is 0 Å². The van der Waals surface area contributed by atoms with Crippen LogP contribution in [0, 0.1) is 0 Å². The van der Waals surface area contributed by atoms with Crippen molar-refractivity contribution >= 4 is 5.91 Å². The lowest BCUT2D eigenvalue weighted by Gasteiger charge is -2.26. The van der Waals surface area contributed by atoms with Crippen LogP contribution in [0.1, 0.15) is 296 Å². The Kier molecular flexibility index (Phi) is 46.5. The summed E-state index contributed by atoms with van der Waals surface area (Å²) in [5.74, 6) is -0.137. The van der Waals surface area contributed by atoms with Crippen molar-refractivity contribution in [3.05, 3.63) is 0 Å². The number of hydrogen-bond acceptors (Lipinski definition) is 4. The van der Waals surface area contributed by atoms with Crippen LogP contribution in [0.2, 0.25) is 0 Å². The van der Waals surface area contributed by atoms with E-state index in [0.717, 1.165) is 32.1 Å². The van der Waals surface area contributed by atoms with E-state index in [9.17, 15) is 20.1 Å². The number of aliphatic hydroxyl groups is 3. The Morgan fingerprint density at radius 3 is 0.857 bits per heavy atom. The first-order valence-electron chi connectivity index (χ1n) is 25.8. The molecule has 0 aromatic heterocycles. The van der Waals surface area contributed by atoms with Gasteiger partial charge in [-0.2, -0.15) is 0 Å². The number of unbranched alkanes of at least 4 members (excludes halogenated alkanes) is 40. The molecule has 4 N–H and O–H groups in total. The molecule has 5 nitrogen and oxygen atoms in total. The molecule has 0 heterocycles. The van der Waals surface area contributed by atoms with Gasteiger partial charge >= 0.3 is 0 Å². The molecule has 336 valence electrons. The average molecular weight is 794 g/mol. The number of rotatable bonds is 48. The Morgan fingerprint density at radius 1 is 0.375 bits per heavy atom. The maximum Gasteiger partial charge on any atom is 0.220 e. The van der Waals surface area contributed by atoms with Crippen LogP contribution in [0.5, 0.6) is 0 Å². The summed E-state index contributed by atoms with van der Waals surface area (Å²) >= 11 is 0. The quantitative estimate of drug-likeness (QED) is 0.0462. The lowest BCUT2D eigenvalue weighted by Crippen LogP contribution is -2.50.